The van der Waals surface area contributed by atoms with Crippen molar-refractivity contribution >= 4 is 27.3 Å². The predicted molar refractivity (Wildman–Crippen MR) is 112 cm³/mol. The molecule has 0 unspecified atom stereocenters. The molecule has 0 fully saturated rings. The molecule has 0 saturated carbocycles. The molecule has 0 aliphatic rings. The lowest BCUT2D eigenvalue weighted by molar-refractivity contribution is 0.102. The summed E-state index contributed by atoms with van der Waals surface area (Å²) in [4.78, 5) is 12.7. The van der Waals surface area contributed by atoms with Crippen LogP contribution in [0.3, 0.4) is 0 Å². The van der Waals surface area contributed by atoms with Crippen LogP contribution in [0.5, 0.6) is 0 Å². The molecule has 0 bridgehead atoms. The van der Waals surface area contributed by atoms with Gasteiger partial charge in [0.2, 0.25) is 0 Å². The van der Waals surface area contributed by atoms with Crippen molar-refractivity contribution in [3.63, 3.8) is 0 Å². The van der Waals surface area contributed by atoms with Crippen LogP contribution in [-0.2, 0) is 10.0 Å². The van der Waals surface area contributed by atoms with Gasteiger partial charge in [0.25, 0.3) is 15.9 Å². The molecule has 1 amide bonds. The first-order valence-corrected chi connectivity index (χ1v) is 10.4. The Bertz CT molecular complexity index is 1190. The Labute approximate surface area is 169 Å². The van der Waals surface area contributed by atoms with Crippen LogP contribution in [0, 0.1) is 26.6 Å². The molecule has 7 heteroatoms. The number of anilines is 2. The van der Waals surface area contributed by atoms with E-state index in [-0.39, 0.29) is 22.0 Å². The normalized spacial score (nSPS) is 11.2. The van der Waals surface area contributed by atoms with E-state index in [0.717, 1.165) is 5.56 Å². The van der Waals surface area contributed by atoms with Crippen molar-refractivity contribution in [1.82, 2.24) is 0 Å². The van der Waals surface area contributed by atoms with Crippen LogP contribution in [0.4, 0.5) is 15.8 Å². The molecule has 0 radical (unpaired) electrons. The van der Waals surface area contributed by atoms with Gasteiger partial charge in [-0.2, -0.15) is 0 Å². The average molecular weight is 412 g/mol. The van der Waals surface area contributed by atoms with Crippen LogP contribution in [0.25, 0.3) is 0 Å². The van der Waals surface area contributed by atoms with Crippen molar-refractivity contribution in [3.8, 4) is 0 Å². The second-order valence-corrected chi connectivity index (χ2v) is 8.52. The molecule has 0 aliphatic carbocycles. The molecule has 0 aromatic heterocycles. The van der Waals surface area contributed by atoms with Gasteiger partial charge in [-0.15, -0.1) is 0 Å². The Morgan fingerprint density at radius 1 is 0.897 bits per heavy atom. The third-order valence-electron chi connectivity index (χ3n) is 4.45. The van der Waals surface area contributed by atoms with Gasteiger partial charge < -0.3 is 5.32 Å². The lowest BCUT2D eigenvalue weighted by Crippen LogP contribution is -2.16. The SMILES string of the molecule is Cc1ccc(C)c(S(=O)(=O)Nc2cccc(C(=O)Nc3ccc(F)cc3C)c2)c1. The Morgan fingerprint density at radius 2 is 1.66 bits per heavy atom. The number of hydrogen-bond donors (Lipinski definition) is 2. The average Bonchev–Trinajstić information content (AvgIpc) is 2.65. The van der Waals surface area contributed by atoms with Gasteiger partial charge in [-0.1, -0.05) is 18.2 Å². The molecule has 0 aliphatic heterocycles. The maximum Gasteiger partial charge on any atom is 0.262 e. The molecule has 5 nitrogen and oxygen atoms in total. The minimum absolute atomic E-state index is 0.189. The molecular weight excluding hydrogens is 391 g/mol. The standard InChI is InChI=1S/C22H21FN2O3S/c1-14-7-8-15(2)21(11-14)29(27,28)25-19-6-4-5-17(13-19)22(26)24-20-10-9-18(23)12-16(20)3/h4-13,25H,1-3H3,(H,24,26). The van der Waals surface area contributed by atoms with Gasteiger partial charge in [-0.05, 0) is 79.9 Å². The zero-order valence-corrected chi connectivity index (χ0v) is 17.1. The van der Waals surface area contributed by atoms with Gasteiger partial charge in [-0.25, -0.2) is 12.8 Å². The van der Waals surface area contributed by atoms with Gasteiger partial charge in [0.05, 0.1) is 4.90 Å². The Morgan fingerprint density at radius 3 is 2.38 bits per heavy atom. The topological polar surface area (TPSA) is 75.3 Å². The largest absolute Gasteiger partial charge is 0.322 e. The highest BCUT2D eigenvalue weighted by Crippen LogP contribution is 2.22. The number of rotatable bonds is 5. The Kier molecular flexibility index (Phi) is 5.70. The van der Waals surface area contributed by atoms with E-state index in [2.05, 4.69) is 10.0 Å². The fourth-order valence-corrected chi connectivity index (χ4v) is 4.27. The van der Waals surface area contributed by atoms with Gasteiger partial charge in [0.15, 0.2) is 0 Å². The highest BCUT2D eigenvalue weighted by atomic mass is 32.2. The molecule has 0 spiro atoms. The fraction of sp³-hybridized carbons (Fsp3) is 0.136. The number of halogens is 1. The molecular formula is C22H21FN2O3S. The summed E-state index contributed by atoms with van der Waals surface area (Å²) < 4.78 is 41.3. The van der Waals surface area contributed by atoms with Crippen LogP contribution < -0.4 is 10.0 Å². The summed E-state index contributed by atoms with van der Waals surface area (Å²) in [5.74, 6) is -0.809. The van der Waals surface area contributed by atoms with Gasteiger partial charge in [0.1, 0.15) is 5.82 Å². The zero-order valence-electron chi connectivity index (χ0n) is 16.3. The number of aryl methyl sites for hydroxylation is 3. The van der Waals surface area contributed by atoms with Crippen LogP contribution in [0.1, 0.15) is 27.0 Å². The van der Waals surface area contributed by atoms with Crippen LogP contribution in [0.15, 0.2) is 65.6 Å². The third kappa shape index (κ3) is 4.81. The minimum atomic E-state index is -3.80. The lowest BCUT2D eigenvalue weighted by Gasteiger charge is -2.13. The fourth-order valence-electron chi connectivity index (χ4n) is 2.89. The monoisotopic (exact) mass is 412 g/mol. The summed E-state index contributed by atoms with van der Waals surface area (Å²) in [6, 6.07) is 15.5. The van der Waals surface area contributed by atoms with Crippen molar-refractivity contribution in [3.05, 3.63) is 88.7 Å². The van der Waals surface area contributed by atoms with Gasteiger partial charge in [-0.3, -0.25) is 9.52 Å². The zero-order chi connectivity index (χ0) is 21.2. The van der Waals surface area contributed by atoms with E-state index in [1.807, 2.05) is 13.0 Å². The first-order valence-electron chi connectivity index (χ1n) is 8.93. The number of sulfonamides is 1. The molecule has 3 rings (SSSR count). The molecule has 0 atom stereocenters. The van der Waals surface area contributed by atoms with E-state index in [9.17, 15) is 17.6 Å². The highest BCUT2D eigenvalue weighted by Gasteiger charge is 2.18. The van der Waals surface area contributed by atoms with Gasteiger partial charge in [0, 0.05) is 16.9 Å². The summed E-state index contributed by atoms with van der Waals surface area (Å²) in [7, 11) is -3.80. The predicted octanol–water partition coefficient (Wildman–Crippen LogP) is 4.80. The molecule has 29 heavy (non-hydrogen) atoms. The van der Waals surface area contributed by atoms with Crippen molar-refractivity contribution in [2.75, 3.05) is 10.0 Å². The summed E-state index contributed by atoms with van der Waals surface area (Å²) in [5.41, 5.74) is 3.08. The third-order valence-corrected chi connectivity index (χ3v) is 5.97. The number of carbonyl (C=O) groups excluding carboxylic acids is 1. The van der Waals surface area contributed by atoms with Gasteiger partial charge >= 0.3 is 0 Å². The minimum Gasteiger partial charge on any atom is -0.322 e. The van der Waals surface area contributed by atoms with E-state index in [0.29, 0.717) is 16.8 Å². The molecule has 3 aromatic rings. The van der Waals surface area contributed by atoms with Crippen LogP contribution >= 0.6 is 0 Å². The lowest BCUT2D eigenvalue weighted by atomic mass is 10.1. The van der Waals surface area contributed by atoms with E-state index >= 15 is 0 Å². The number of nitrogens with one attached hydrogen (secondary N) is 2. The molecule has 3 aromatic carbocycles. The van der Waals surface area contributed by atoms with E-state index in [1.165, 1.54) is 24.3 Å². The number of benzene rings is 3. The van der Waals surface area contributed by atoms with Crippen LogP contribution in [0.2, 0.25) is 0 Å². The van der Waals surface area contributed by atoms with Crippen molar-refractivity contribution in [2.24, 2.45) is 0 Å². The van der Waals surface area contributed by atoms with Crippen molar-refractivity contribution < 1.29 is 17.6 Å². The molecule has 150 valence electrons. The quantitative estimate of drug-likeness (QED) is 0.632. The highest BCUT2D eigenvalue weighted by molar-refractivity contribution is 7.92. The second kappa shape index (κ2) is 8.05. The van der Waals surface area contributed by atoms with Crippen molar-refractivity contribution in [2.45, 2.75) is 25.7 Å². The molecule has 2 N–H and O–H groups in total. The van der Waals surface area contributed by atoms with E-state index in [4.69, 9.17) is 0 Å². The van der Waals surface area contributed by atoms with E-state index < -0.39 is 15.9 Å². The van der Waals surface area contributed by atoms with E-state index in [1.54, 1.807) is 44.2 Å². The Balaban J connectivity index is 1.83. The summed E-state index contributed by atoms with van der Waals surface area (Å²) in [5, 5.41) is 2.71. The second-order valence-electron chi connectivity index (χ2n) is 6.87. The summed E-state index contributed by atoms with van der Waals surface area (Å²) >= 11 is 0. The smallest absolute Gasteiger partial charge is 0.262 e. The number of hydrogen-bond acceptors (Lipinski definition) is 3. The maximum absolute atomic E-state index is 13.2. The first kappa shape index (κ1) is 20.5. The number of carbonyl (C=O) groups is 1. The molecule has 0 heterocycles. The maximum atomic E-state index is 13.2. The van der Waals surface area contributed by atoms with Crippen LogP contribution in [-0.4, -0.2) is 14.3 Å². The summed E-state index contributed by atoms with van der Waals surface area (Å²) in [6.45, 7) is 5.23. The Hall–Kier alpha value is -3.19. The number of amides is 1. The molecule has 0 saturated heterocycles. The summed E-state index contributed by atoms with van der Waals surface area (Å²) in [6.07, 6.45) is 0. The first-order chi connectivity index (χ1) is 13.7. The van der Waals surface area contributed by atoms with Crippen molar-refractivity contribution in [1.29, 1.82) is 0 Å².